The highest BCUT2D eigenvalue weighted by Gasteiger charge is 2.33. The van der Waals surface area contributed by atoms with Gasteiger partial charge >= 0.3 is 0 Å². The lowest BCUT2D eigenvalue weighted by atomic mass is 9.72. The van der Waals surface area contributed by atoms with Crippen LogP contribution in [-0.2, 0) is 6.42 Å². The maximum Gasteiger partial charge on any atom is 0.227 e. The summed E-state index contributed by atoms with van der Waals surface area (Å²) >= 11 is 3.40. The second kappa shape index (κ2) is 6.23. The van der Waals surface area contributed by atoms with Crippen LogP contribution in [0.25, 0.3) is 11.4 Å². The van der Waals surface area contributed by atoms with E-state index in [-0.39, 0.29) is 5.41 Å². The van der Waals surface area contributed by atoms with Gasteiger partial charge in [-0.1, -0.05) is 24.4 Å². The fourth-order valence-corrected chi connectivity index (χ4v) is 3.42. The quantitative estimate of drug-likeness (QED) is 0.914. The molecule has 2 heterocycles. The predicted octanol–water partition coefficient (Wildman–Crippen LogP) is 3.35. The lowest BCUT2D eigenvalue weighted by molar-refractivity contribution is 0.177. The van der Waals surface area contributed by atoms with Crippen molar-refractivity contribution in [3.05, 3.63) is 28.8 Å². The Hall–Kier alpha value is -1.27. The molecule has 0 aliphatic heterocycles. The first-order chi connectivity index (χ1) is 10.2. The van der Waals surface area contributed by atoms with E-state index in [0.717, 1.165) is 29.3 Å². The van der Waals surface area contributed by atoms with Gasteiger partial charge < -0.3 is 10.3 Å². The van der Waals surface area contributed by atoms with Gasteiger partial charge in [0.2, 0.25) is 11.7 Å². The van der Waals surface area contributed by atoms with E-state index in [4.69, 9.17) is 10.3 Å². The van der Waals surface area contributed by atoms with Gasteiger partial charge in [0.05, 0.1) is 0 Å². The number of aromatic nitrogens is 3. The molecule has 0 spiro atoms. The number of halogens is 1. The molecule has 21 heavy (non-hydrogen) atoms. The molecule has 1 fully saturated rings. The molecule has 2 aromatic rings. The van der Waals surface area contributed by atoms with Crippen molar-refractivity contribution in [2.75, 3.05) is 6.54 Å². The minimum atomic E-state index is 0.136. The molecule has 0 bridgehead atoms. The van der Waals surface area contributed by atoms with E-state index in [1.54, 1.807) is 12.4 Å². The second-order valence-electron chi connectivity index (χ2n) is 5.85. The van der Waals surface area contributed by atoms with E-state index in [0.29, 0.717) is 18.3 Å². The summed E-state index contributed by atoms with van der Waals surface area (Å²) in [5.41, 5.74) is 7.01. The van der Waals surface area contributed by atoms with Crippen molar-refractivity contribution >= 4 is 15.9 Å². The molecule has 6 heteroatoms. The van der Waals surface area contributed by atoms with Crippen molar-refractivity contribution in [2.24, 2.45) is 11.1 Å². The summed E-state index contributed by atoms with van der Waals surface area (Å²) < 4.78 is 6.33. The van der Waals surface area contributed by atoms with Gasteiger partial charge in [-0.05, 0) is 46.8 Å². The van der Waals surface area contributed by atoms with Crippen LogP contribution < -0.4 is 5.73 Å². The Labute approximate surface area is 132 Å². The third-order valence-corrected chi connectivity index (χ3v) is 4.74. The van der Waals surface area contributed by atoms with Gasteiger partial charge in [-0.25, -0.2) is 0 Å². The van der Waals surface area contributed by atoms with E-state index in [9.17, 15) is 0 Å². The predicted molar refractivity (Wildman–Crippen MR) is 83.5 cm³/mol. The summed E-state index contributed by atoms with van der Waals surface area (Å²) in [5.74, 6) is 1.26. The van der Waals surface area contributed by atoms with Crippen molar-refractivity contribution < 1.29 is 4.52 Å². The average molecular weight is 351 g/mol. The van der Waals surface area contributed by atoms with E-state index in [1.807, 2.05) is 6.07 Å². The highest BCUT2D eigenvalue weighted by Crippen LogP contribution is 2.38. The van der Waals surface area contributed by atoms with Gasteiger partial charge in [-0.3, -0.25) is 4.98 Å². The van der Waals surface area contributed by atoms with Crippen LogP contribution in [0, 0.1) is 5.41 Å². The summed E-state index contributed by atoms with van der Waals surface area (Å²) in [6, 6.07) is 1.93. The number of hydrogen-bond donors (Lipinski definition) is 1. The molecule has 1 saturated carbocycles. The fraction of sp³-hybridized carbons (Fsp3) is 0.533. The molecule has 5 nitrogen and oxygen atoms in total. The summed E-state index contributed by atoms with van der Waals surface area (Å²) in [7, 11) is 0. The molecule has 0 radical (unpaired) electrons. The lowest BCUT2D eigenvalue weighted by Gasteiger charge is -2.34. The topological polar surface area (TPSA) is 77.8 Å². The normalized spacial score (nSPS) is 17.8. The maximum absolute atomic E-state index is 6.02. The summed E-state index contributed by atoms with van der Waals surface area (Å²) in [6.07, 6.45) is 10.3. The third-order valence-electron chi connectivity index (χ3n) is 4.30. The largest absolute Gasteiger partial charge is 0.339 e. The maximum atomic E-state index is 6.02. The van der Waals surface area contributed by atoms with Crippen LogP contribution >= 0.6 is 15.9 Å². The van der Waals surface area contributed by atoms with Gasteiger partial charge in [0.25, 0.3) is 0 Å². The van der Waals surface area contributed by atoms with Crippen LogP contribution in [0.5, 0.6) is 0 Å². The van der Waals surface area contributed by atoms with Crippen LogP contribution in [0.4, 0.5) is 0 Å². The number of rotatable bonds is 4. The highest BCUT2D eigenvalue weighted by atomic mass is 79.9. The van der Waals surface area contributed by atoms with Crippen molar-refractivity contribution in [2.45, 2.75) is 38.5 Å². The summed E-state index contributed by atoms with van der Waals surface area (Å²) in [6.45, 7) is 0.684. The van der Waals surface area contributed by atoms with E-state index < -0.39 is 0 Å². The molecule has 0 saturated heterocycles. The number of hydrogen-bond acceptors (Lipinski definition) is 5. The molecule has 1 aliphatic carbocycles. The molecule has 0 amide bonds. The standard InChI is InChI=1S/C15H19BrN4O/c16-12-6-11(8-18-9-12)14-19-13(21-20-14)7-15(10-17)4-2-1-3-5-15/h6,8-9H,1-5,7,10,17H2. The minimum absolute atomic E-state index is 0.136. The number of nitrogens with two attached hydrogens (primary N) is 1. The van der Waals surface area contributed by atoms with Crippen LogP contribution in [0.15, 0.2) is 27.5 Å². The second-order valence-corrected chi connectivity index (χ2v) is 6.76. The molecule has 2 N–H and O–H groups in total. The molecule has 112 valence electrons. The first-order valence-electron chi connectivity index (χ1n) is 7.34. The van der Waals surface area contributed by atoms with Crippen molar-refractivity contribution in [3.63, 3.8) is 0 Å². The molecular formula is C15H19BrN4O. The third kappa shape index (κ3) is 3.32. The minimum Gasteiger partial charge on any atom is -0.339 e. The Morgan fingerprint density at radius 3 is 2.76 bits per heavy atom. The molecule has 3 rings (SSSR count). The molecule has 0 atom stereocenters. The Bertz CT molecular complexity index is 607. The van der Waals surface area contributed by atoms with Crippen LogP contribution in [-0.4, -0.2) is 21.7 Å². The zero-order valence-electron chi connectivity index (χ0n) is 11.9. The smallest absolute Gasteiger partial charge is 0.227 e. The first kappa shape index (κ1) is 14.7. The van der Waals surface area contributed by atoms with Gasteiger partial charge in [-0.2, -0.15) is 4.98 Å². The highest BCUT2D eigenvalue weighted by molar-refractivity contribution is 9.10. The van der Waals surface area contributed by atoms with Crippen LogP contribution in [0.1, 0.15) is 38.0 Å². The SMILES string of the molecule is NCC1(Cc2nc(-c3cncc(Br)c3)no2)CCCCC1. The fourth-order valence-electron chi connectivity index (χ4n) is 3.05. The van der Waals surface area contributed by atoms with Crippen LogP contribution in [0.3, 0.4) is 0 Å². The molecule has 1 aliphatic rings. The molecular weight excluding hydrogens is 332 g/mol. The van der Waals surface area contributed by atoms with Crippen molar-refractivity contribution in [1.82, 2.24) is 15.1 Å². The average Bonchev–Trinajstić information content (AvgIpc) is 2.96. The molecule has 0 aromatic carbocycles. The zero-order valence-corrected chi connectivity index (χ0v) is 13.5. The molecule has 0 unspecified atom stereocenters. The Morgan fingerprint density at radius 2 is 2.05 bits per heavy atom. The first-order valence-corrected chi connectivity index (χ1v) is 8.14. The zero-order chi connectivity index (χ0) is 14.7. The van der Waals surface area contributed by atoms with Gasteiger partial charge in [0.15, 0.2) is 0 Å². The lowest BCUT2D eigenvalue weighted by Crippen LogP contribution is -2.35. The van der Waals surface area contributed by atoms with Crippen LogP contribution in [0.2, 0.25) is 0 Å². The Morgan fingerprint density at radius 1 is 1.24 bits per heavy atom. The van der Waals surface area contributed by atoms with E-state index in [2.05, 4.69) is 31.1 Å². The van der Waals surface area contributed by atoms with Gasteiger partial charge in [0.1, 0.15) is 0 Å². The Balaban J connectivity index is 1.78. The van der Waals surface area contributed by atoms with E-state index in [1.165, 1.54) is 19.3 Å². The van der Waals surface area contributed by atoms with Gasteiger partial charge in [-0.15, -0.1) is 0 Å². The van der Waals surface area contributed by atoms with Crippen molar-refractivity contribution in [3.8, 4) is 11.4 Å². The van der Waals surface area contributed by atoms with Crippen molar-refractivity contribution in [1.29, 1.82) is 0 Å². The number of pyridine rings is 1. The Kier molecular flexibility index (Phi) is 4.35. The monoisotopic (exact) mass is 350 g/mol. The summed E-state index contributed by atoms with van der Waals surface area (Å²) in [4.78, 5) is 8.64. The van der Waals surface area contributed by atoms with E-state index >= 15 is 0 Å². The summed E-state index contributed by atoms with van der Waals surface area (Å²) in [5, 5.41) is 4.07. The number of nitrogens with zero attached hydrogens (tertiary/aromatic N) is 3. The van der Waals surface area contributed by atoms with Gasteiger partial charge in [0, 0.05) is 28.9 Å². The molecule has 2 aromatic heterocycles.